The van der Waals surface area contributed by atoms with E-state index in [1.165, 1.54) is 0 Å². The average Bonchev–Trinajstić information content (AvgIpc) is 2.37. The predicted molar refractivity (Wildman–Crippen MR) is 75.6 cm³/mol. The van der Waals surface area contributed by atoms with E-state index < -0.39 is 0 Å². The molecule has 2 aromatic rings. The largest absolute Gasteiger partial charge is 0.354 e. The molecule has 1 N–H and O–H groups in total. The molecule has 0 amide bonds. The summed E-state index contributed by atoms with van der Waals surface area (Å²) in [7, 11) is 0. The zero-order valence-corrected chi connectivity index (χ0v) is 11.2. The lowest BCUT2D eigenvalue weighted by molar-refractivity contribution is 1.44. The van der Waals surface area contributed by atoms with Crippen molar-refractivity contribution in [2.45, 2.75) is 6.92 Å². The molecule has 2 nitrogen and oxygen atoms in total. The zero-order chi connectivity index (χ0) is 13.1. The minimum atomic E-state index is 0.612. The molecule has 0 radical (unpaired) electrons. The van der Waals surface area contributed by atoms with Gasteiger partial charge in [-0.3, -0.25) is 0 Å². The van der Waals surface area contributed by atoms with E-state index in [9.17, 15) is 0 Å². The second-order valence-corrected chi connectivity index (χ2v) is 4.71. The molecule has 0 aliphatic carbocycles. The zero-order valence-electron chi connectivity index (χ0n) is 9.67. The number of halogens is 2. The fourth-order valence-corrected chi connectivity index (χ4v) is 1.95. The summed E-state index contributed by atoms with van der Waals surface area (Å²) in [6.07, 6.45) is 0. The minimum Gasteiger partial charge on any atom is -0.354 e. The number of nitrogens with zero attached hydrogens (tertiary/aromatic N) is 1. The third kappa shape index (κ3) is 2.76. The Morgan fingerprint density at radius 3 is 2.33 bits per heavy atom. The molecule has 0 aliphatic heterocycles. The van der Waals surface area contributed by atoms with Gasteiger partial charge in [-0.1, -0.05) is 23.2 Å². The first kappa shape index (κ1) is 12.8. The highest BCUT2D eigenvalue weighted by atomic mass is 35.5. The van der Waals surface area contributed by atoms with E-state index in [0.717, 1.165) is 16.9 Å². The van der Waals surface area contributed by atoms with E-state index in [2.05, 4.69) is 11.4 Å². The van der Waals surface area contributed by atoms with Gasteiger partial charge in [-0.2, -0.15) is 5.26 Å². The molecule has 0 fully saturated rings. The monoisotopic (exact) mass is 276 g/mol. The molecule has 0 atom stereocenters. The van der Waals surface area contributed by atoms with Crippen LogP contribution >= 0.6 is 23.2 Å². The average molecular weight is 277 g/mol. The molecule has 0 bridgehead atoms. The second-order valence-electron chi connectivity index (χ2n) is 3.90. The van der Waals surface area contributed by atoms with Crippen LogP contribution in [-0.4, -0.2) is 0 Å². The van der Waals surface area contributed by atoms with Gasteiger partial charge in [0.2, 0.25) is 0 Å². The number of anilines is 2. The maximum atomic E-state index is 8.72. The van der Waals surface area contributed by atoms with Crippen LogP contribution in [0.3, 0.4) is 0 Å². The highest BCUT2D eigenvalue weighted by molar-refractivity contribution is 6.35. The van der Waals surface area contributed by atoms with Gasteiger partial charge in [0.05, 0.1) is 22.3 Å². The van der Waals surface area contributed by atoms with Crippen LogP contribution in [0.1, 0.15) is 11.1 Å². The van der Waals surface area contributed by atoms with E-state index in [1.807, 2.05) is 25.1 Å². The number of hydrogen-bond acceptors (Lipinski definition) is 2. The Morgan fingerprint density at radius 2 is 1.72 bits per heavy atom. The van der Waals surface area contributed by atoms with Crippen molar-refractivity contribution in [2.75, 3.05) is 5.32 Å². The van der Waals surface area contributed by atoms with Crippen molar-refractivity contribution < 1.29 is 0 Å². The molecule has 0 saturated heterocycles. The van der Waals surface area contributed by atoms with Gasteiger partial charge in [-0.05, 0) is 48.9 Å². The van der Waals surface area contributed by atoms with Gasteiger partial charge >= 0.3 is 0 Å². The molecule has 18 heavy (non-hydrogen) atoms. The smallest absolute Gasteiger partial charge is 0.0991 e. The number of hydrogen-bond donors (Lipinski definition) is 1. The van der Waals surface area contributed by atoms with Gasteiger partial charge in [0, 0.05) is 10.7 Å². The molecule has 2 rings (SSSR count). The van der Waals surface area contributed by atoms with Gasteiger partial charge in [-0.25, -0.2) is 0 Å². The lowest BCUT2D eigenvalue weighted by Crippen LogP contribution is -1.92. The van der Waals surface area contributed by atoms with Crippen molar-refractivity contribution >= 4 is 34.6 Å². The summed E-state index contributed by atoms with van der Waals surface area (Å²) in [5.74, 6) is 0. The van der Waals surface area contributed by atoms with Gasteiger partial charge in [0.1, 0.15) is 0 Å². The molecule has 0 unspecified atom stereocenters. The maximum Gasteiger partial charge on any atom is 0.0991 e. The van der Waals surface area contributed by atoms with Crippen LogP contribution in [0.25, 0.3) is 0 Å². The Labute approximate surface area is 116 Å². The summed E-state index contributed by atoms with van der Waals surface area (Å²) in [6.45, 7) is 1.90. The fourth-order valence-electron chi connectivity index (χ4n) is 1.53. The Bertz CT molecular complexity index is 613. The molecule has 0 aromatic heterocycles. The molecular weight excluding hydrogens is 267 g/mol. The van der Waals surface area contributed by atoms with Gasteiger partial charge in [0.25, 0.3) is 0 Å². The summed E-state index contributed by atoms with van der Waals surface area (Å²) in [4.78, 5) is 0. The van der Waals surface area contributed by atoms with E-state index in [0.29, 0.717) is 15.6 Å². The highest BCUT2D eigenvalue weighted by Crippen LogP contribution is 2.31. The normalized spacial score (nSPS) is 9.89. The molecule has 0 spiro atoms. The maximum absolute atomic E-state index is 8.72. The summed E-state index contributed by atoms with van der Waals surface area (Å²) in [5, 5.41) is 13.2. The van der Waals surface area contributed by atoms with Crippen molar-refractivity contribution in [3.8, 4) is 6.07 Å². The van der Waals surface area contributed by atoms with E-state index in [4.69, 9.17) is 28.5 Å². The quantitative estimate of drug-likeness (QED) is 0.845. The molecular formula is C14H10Cl2N2. The van der Waals surface area contributed by atoms with Crippen molar-refractivity contribution in [1.82, 2.24) is 0 Å². The minimum absolute atomic E-state index is 0.612. The lowest BCUT2D eigenvalue weighted by Gasteiger charge is -2.10. The van der Waals surface area contributed by atoms with Gasteiger partial charge < -0.3 is 5.32 Å². The van der Waals surface area contributed by atoms with E-state index in [-0.39, 0.29) is 0 Å². The molecule has 0 heterocycles. The number of nitrogens with one attached hydrogen (secondary N) is 1. The van der Waals surface area contributed by atoms with Gasteiger partial charge in [0.15, 0.2) is 0 Å². The van der Waals surface area contributed by atoms with Crippen LogP contribution in [0.15, 0.2) is 36.4 Å². The molecule has 0 saturated carbocycles. The topological polar surface area (TPSA) is 35.8 Å². The van der Waals surface area contributed by atoms with E-state index >= 15 is 0 Å². The number of rotatable bonds is 2. The molecule has 2 aromatic carbocycles. The number of benzene rings is 2. The SMILES string of the molecule is Cc1cc(Cl)c(Nc2ccc(C#N)cc2)cc1Cl. The third-order valence-corrected chi connectivity index (χ3v) is 3.26. The standard InChI is InChI=1S/C14H10Cl2N2/c1-9-6-13(16)14(7-12(9)15)18-11-4-2-10(8-17)3-5-11/h2-7,18H,1H3. The van der Waals surface area contributed by atoms with Crippen LogP contribution in [0.2, 0.25) is 10.0 Å². The van der Waals surface area contributed by atoms with Crippen LogP contribution in [0.5, 0.6) is 0 Å². The first-order valence-corrected chi connectivity index (χ1v) is 6.08. The number of aryl methyl sites for hydroxylation is 1. The Morgan fingerprint density at radius 1 is 1.06 bits per heavy atom. The Hall–Kier alpha value is -1.69. The van der Waals surface area contributed by atoms with Crippen molar-refractivity contribution in [1.29, 1.82) is 5.26 Å². The fraction of sp³-hybridized carbons (Fsp3) is 0.0714. The lowest BCUT2D eigenvalue weighted by atomic mass is 10.2. The summed E-state index contributed by atoms with van der Waals surface area (Å²) < 4.78 is 0. The second kappa shape index (κ2) is 5.30. The predicted octanol–water partition coefficient (Wildman–Crippen LogP) is 4.92. The Balaban J connectivity index is 2.28. The first-order valence-electron chi connectivity index (χ1n) is 5.33. The summed E-state index contributed by atoms with van der Waals surface area (Å²) >= 11 is 12.2. The molecule has 90 valence electrons. The molecule has 0 aliphatic rings. The summed E-state index contributed by atoms with van der Waals surface area (Å²) in [5.41, 5.74) is 3.16. The highest BCUT2D eigenvalue weighted by Gasteiger charge is 2.05. The summed E-state index contributed by atoms with van der Waals surface area (Å²) in [6, 6.07) is 12.8. The van der Waals surface area contributed by atoms with Gasteiger partial charge in [-0.15, -0.1) is 0 Å². The Kier molecular flexibility index (Phi) is 3.76. The molecule has 4 heteroatoms. The van der Waals surface area contributed by atoms with Crippen LogP contribution < -0.4 is 5.32 Å². The first-order chi connectivity index (χ1) is 8.60. The van der Waals surface area contributed by atoms with Crippen LogP contribution in [0, 0.1) is 18.3 Å². The number of nitriles is 1. The van der Waals surface area contributed by atoms with E-state index in [1.54, 1.807) is 18.2 Å². The van der Waals surface area contributed by atoms with Crippen molar-refractivity contribution in [3.63, 3.8) is 0 Å². The van der Waals surface area contributed by atoms with Crippen molar-refractivity contribution in [2.24, 2.45) is 0 Å². The third-order valence-electron chi connectivity index (χ3n) is 2.54. The van der Waals surface area contributed by atoms with Crippen LogP contribution in [-0.2, 0) is 0 Å². The van der Waals surface area contributed by atoms with Crippen molar-refractivity contribution in [3.05, 3.63) is 57.6 Å². The van der Waals surface area contributed by atoms with Crippen LogP contribution in [0.4, 0.5) is 11.4 Å².